The van der Waals surface area contributed by atoms with Crippen LogP contribution in [0.25, 0.3) is 0 Å². The Kier molecular flexibility index (Phi) is 7.50. The molecular formula is C21H32. The van der Waals surface area contributed by atoms with Crippen LogP contribution in [0.2, 0.25) is 0 Å². The molecule has 1 unspecified atom stereocenters. The third kappa shape index (κ3) is 4.09. The average molecular weight is 284 g/mol. The predicted octanol–water partition coefficient (Wildman–Crippen LogP) is 6.68. The summed E-state index contributed by atoms with van der Waals surface area (Å²) in [6.45, 7) is 15.3. The molecule has 0 N–H and O–H groups in total. The van der Waals surface area contributed by atoms with Crippen LogP contribution < -0.4 is 0 Å². The first-order valence-corrected chi connectivity index (χ1v) is 8.56. The highest BCUT2D eigenvalue weighted by Gasteiger charge is 2.30. The number of rotatable bonds is 3. The van der Waals surface area contributed by atoms with Gasteiger partial charge in [-0.15, -0.1) is 0 Å². The fourth-order valence-corrected chi connectivity index (χ4v) is 3.37. The largest absolute Gasteiger partial charge is 0.0952 e. The first-order chi connectivity index (χ1) is 10.1. The lowest BCUT2D eigenvalue weighted by Gasteiger charge is -2.35. The van der Waals surface area contributed by atoms with Crippen molar-refractivity contribution in [1.82, 2.24) is 0 Å². The van der Waals surface area contributed by atoms with Gasteiger partial charge in [0, 0.05) is 5.92 Å². The van der Waals surface area contributed by atoms with Crippen LogP contribution in [0.4, 0.5) is 0 Å². The summed E-state index contributed by atoms with van der Waals surface area (Å²) >= 11 is 0. The zero-order valence-electron chi connectivity index (χ0n) is 14.6. The Balaban J connectivity index is 0.000000677. The van der Waals surface area contributed by atoms with Crippen LogP contribution in [0.3, 0.4) is 0 Å². The van der Waals surface area contributed by atoms with Crippen LogP contribution in [0.15, 0.2) is 48.1 Å². The van der Waals surface area contributed by atoms with Crippen molar-refractivity contribution in [2.45, 2.75) is 66.2 Å². The van der Waals surface area contributed by atoms with Gasteiger partial charge in [0.1, 0.15) is 0 Å². The van der Waals surface area contributed by atoms with Crippen molar-refractivity contribution in [3.05, 3.63) is 59.2 Å². The Morgan fingerprint density at radius 3 is 2.24 bits per heavy atom. The topological polar surface area (TPSA) is 0 Å². The quantitative estimate of drug-likeness (QED) is 0.580. The highest BCUT2D eigenvalue weighted by molar-refractivity contribution is 5.51. The molecule has 0 saturated heterocycles. The molecule has 21 heavy (non-hydrogen) atoms. The van der Waals surface area contributed by atoms with Gasteiger partial charge in [-0.3, -0.25) is 0 Å². The molecule has 0 spiro atoms. The van der Waals surface area contributed by atoms with Crippen LogP contribution in [-0.2, 0) is 6.42 Å². The van der Waals surface area contributed by atoms with Gasteiger partial charge in [0.05, 0.1) is 0 Å². The summed E-state index contributed by atoms with van der Waals surface area (Å²) in [4.78, 5) is 0. The molecule has 0 amide bonds. The summed E-state index contributed by atoms with van der Waals surface area (Å²) < 4.78 is 0. The normalized spacial score (nSPS) is 19.2. The predicted molar refractivity (Wildman–Crippen MR) is 95.8 cm³/mol. The van der Waals surface area contributed by atoms with Crippen LogP contribution in [0, 0.1) is 5.92 Å². The molecule has 0 heterocycles. The number of benzene rings is 1. The number of fused-ring (bicyclic) bond motifs is 1. The molecule has 0 fully saturated rings. The van der Waals surface area contributed by atoms with E-state index in [0.29, 0.717) is 5.92 Å². The van der Waals surface area contributed by atoms with Crippen molar-refractivity contribution >= 4 is 0 Å². The van der Waals surface area contributed by atoms with E-state index < -0.39 is 0 Å². The van der Waals surface area contributed by atoms with Crippen LogP contribution in [-0.4, -0.2) is 0 Å². The van der Waals surface area contributed by atoms with E-state index in [9.17, 15) is 0 Å². The maximum atomic E-state index is 4.30. The molecule has 116 valence electrons. The van der Waals surface area contributed by atoms with Gasteiger partial charge in [-0.25, -0.2) is 0 Å². The third-order valence-corrected chi connectivity index (χ3v) is 4.37. The molecule has 0 bridgehead atoms. The summed E-state index contributed by atoms with van der Waals surface area (Å²) in [5.74, 6) is 1.29. The zero-order chi connectivity index (χ0) is 15.8. The number of hydrogen-bond acceptors (Lipinski definition) is 0. The Morgan fingerprint density at radius 1 is 1.14 bits per heavy atom. The van der Waals surface area contributed by atoms with E-state index in [2.05, 4.69) is 71.5 Å². The van der Waals surface area contributed by atoms with Gasteiger partial charge in [-0.05, 0) is 41.5 Å². The first kappa shape index (κ1) is 17.8. The Hall–Kier alpha value is -1.30. The van der Waals surface area contributed by atoms with E-state index in [1.807, 2.05) is 0 Å². The SMILES string of the molecule is C=C1Cc2ccccc2C(C(CC)CC)/C1=C/C.CCC. The van der Waals surface area contributed by atoms with Crippen molar-refractivity contribution in [2.24, 2.45) is 5.92 Å². The molecule has 0 radical (unpaired) electrons. The molecule has 2 rings (SSSR count). The zero-order valence-corrected chi connectivity index (χ0v) is 14.6. The number of allylic oxidation sites excluding steroid dienone is 3. The minimum atomic E-state index is 0.558. The van der Waals surface area contributed by atoms with Gasteiger partial charge < -0.3 is 0 Å². The van der Waals surface area contributed by atoms with Gasteiger partial charge >= 0.3 is 0 Å². The fourth-order valence-electron chi connectivity index (χ4n) is 3.37. The lowest BCUT2D eigenvalue weighted by Crippen LogP contribution is -2.21. The van der Waals surface area contributed by atoms with Crippen LogP contribution in [0.1, 0.15) is 70.9 Å². The summed E-state index contributed by atoms with van der Waals surface area (Å²) in [5.41, 5.74) is 5.80. The Bertz CT molecular complexity index is 475. The van der Waals surface area contributed by atoms with Crippen molar-refractivity contribution in [3.63, 3.8) is 0 Å². The van der Waals surface area contributed by atoms with Crippen molar-refractivity contribution in [2.75, 3.05) is 0 Å². The van der Waals surface area contributed by atoms with E-state index in [1.165, 1.54) is 41.5 Å². The minimum absolute atomic E-state index is 0.558. The van der Waals surface area contributed by atoms with Crippen molar-refractivity contribution < 1.29 is 0 Å². The molecule has 1 atom stereocenters. The second-order valence-corrected chi connectivity index (χ2v) is 5.98. The first-order valence-electron chi connectivity index (χ1n) is 8.56. The molecule has 1 aliphatic carbocycles. The van der Waals surface area contributed by atoms with Gasteiger partial charge in [-0.1, -0.05) is 83.9 Å². The van der Waals surface area contributed by atoms with Gasteiger partial charge in [0.15, 0.2) is 0 Å². The van der Waals surface area contributed by atoms with Gasteiger partial charge in [0.25, 0.3) is 0 Å². The summed E-state index contributed by atoms with van der Waals surface area (Å²) in [5, 5.41) is 0. The van der Waals surface area contributed by atoms with E-state index in [-0.39, 0.29) is 0 Å². The summed E-state index contributed by atoms with van der Waals surface area (Å²) in [7, 11) is 0. The molecule has 1 aromatic rings. The average Bonchev–Trinajstić information content (AvgIpc) is 2.49. The lowest BCUT2D eigenvalue weighted by molar-refractivity contribution is 0.428. The maximum absolute atomic E-state index is 4.30. The van der Waals surface area contributed by atoms with Gasteiger partial charge in [0.2, 0.25) is 0 Å². The molecule has 0 aliphatic heterocycles. The standard InChI is InChI=1S/C18H24.C3H8/c1-5-14(6-2)18-16(7-3)13(4)12-15-10-8-9-11-17(15)18;1-3-2/h7-11,14,18H,4-6,12H2,1-3H3;3H2,1-2H3/b16-7+;. The summed E-state index contributed by atoms with van der Waals surface area (Å²) in [6, 6.07) is 8.91. The maximum Gasteiger partial charge on any atom is 0.0120 e. The molecule has 0 nitrogen and oxygen atoms in total. The van der Waals surface area contributed by atoms with Crippen LogP contribution >= 0.6 is 0 Å². The van der Waals surface area contributed by atoms with E-state index >= 15 is 0 Å². The lowest BCUT2D eigenvalue weighted by atomic mass is 9.69. The number of hydrogen-bond donors (Lipinski definition) is 0. The Morgan fingerprint density at radius 2 is 1.71 bits per heavy atom. The molecule has 0 aromatic heterocycles. The smallest absolute Gasteiger partial charge is 0.0120 e. The highest BCUT2D eigenvalue weighted by atomic mass is 14.3. The third-order valence-electron chi connectivity index (χ3n) is 4.37. The summed E-state index contributed by atoms with van der Waals surface area (Å²) in [6.07, 6.45) is 7.02. The molecule has 1 aromatic carbocycles. The Labute approximate surface area is 132 Å². The van der Waals surface area contributed by atoms with Gasteiger partial charge in [-0.2, -0.15) is 0 Å². The second-order valence-electron chi connectivity index (χ2n) is 5.98. The van der Waals surface area contributed by atoms with E-state index in [0.717, 1.165) is 12.3 Å². The van der Waals surface area contributed by atoms with Crippen LogP contribution in [0.5, 0.6) is 0 Å². The fraction of sp³-hybridized carbons (Fsp3) is 0.524. The molecule has 0 heteroatoms. The second kappa shape index (κ2) is 8.87. The van der Waals surface area contributed by atoms with E-state index in [4.69, 9.17) is 0 Å². The monoisotopic (exact) mass is 284 g/mol. The van der Waals surface area contributed by atoms with E-state index in [1.54, 1.807) is 0 Å². The molecule has 0 saturated carbocycles. The molecular weight excluding hydrogens is 252 g/mol. The van der Waals surface area contributed by atoms with Crippen molar-refractivity contribution in [3.8, 4) is 0 Å². The van der Waals surface area contributed by atoms with Crippen molar-refractivity contribution in [1.29, 1.82) is 0 Å². The molecule has 1 aliphatic rings. The minimum Gasteiger partial charge on any atom is -0.0952 e. The highest BCUT2D eigenvalue weighted by Crippen LogP contribution is 2.44.